The molecule has 2 nitrogen and oxygen atoms in total. The number of hydrogen-bond acceptors (Lipinski definition) is 2. The molecule has 2 fully saturated rings. The van der Waals surface area contributed by atoms with E-state index in [0.29, 0.717) is 11.5 Å². The second-order valence-electron chi connectivity index (χ2n) is 7.14. The van der Waals surface area contributed by atoms with Gasteiger partial charge in [0, 0.05) is 32.2 Å². The predicted molar refractivity (Wildman–Crippen MR) is 74.3 cm³/mol. The van der Waals surface area contributed by atoms with E-state index in [1.165, 1.54) is 58.3 Å². The minimum atomic E-state index is 0.394. The number of nitrogens with zero attached hydrogens (tertiary/aromatic N) is 1. The van der Waals surface area contributed by atoms with E-state index in [2.05, 4.69) is 31.0 Å². The highest BCUT2D eigenvalue weighted by atomic mass is 15.2. The average molecular weight is 238 g/mol. The zero-order valence-electron chi connectivity index (χ0n) is 12.0. The van der Waals surface area contributed by atoms with E-state index in [4.69, 9.17) is 0 Å². The van der Waals surface area contributed by atoms with Crippen LogP contribution in [-0.2, 0) is 0 Å². The Hall–Kier alpha value is -0.0800. The molecule has 1 saturated heterocycles. The fraction of sp³-hybridized carbons (Fsp3) is 1.00. The minimum Gasteiger partial charge on any atom is -0.311 e. The van der Waals surface area contributed by atoms with E-state index in [-0.39, 0.29) is 0 Å². The van der Waals surface area contributed by atoms with Crippen molar-refractivity contribution in [1.82, 2.24) is 10.2 Å². The first-order valence-electron chi connectivity index (χ1n) is 7.51. The maximum Gasteiger partial charge on any atom is 0.0244 e. The summed E-state index contributed by atoms with van der Waals surface area (Å²) in [6, 6.07) is 0.667. The summed E-state index contributed by atoms with van der Waals surface area (Å²) in [5.41, 5.74) is 0.394. The van der Waals surface area contributed by atoms with Crippen molar-refractivity contribution in [2.24, 2.45) is 11.3 Å². The van der Waals surface area contributed by atoms with Crippen molar-refractivity contribution in [2.45, 2.75) is 58.9 Å². The van der Waals surface area contributed by atoms with Crippen molar-refractivity contribution in [2.75, 3.05) is 26.2 Å². The van der Waals surface area contributed by atoms with Gasteiger partial charge in [0.05, 0.1) is 0 Å². The van der Waals surface area contributed by atoms with Crippen LogP contribution in [0.4, 0.5) is 0 Å². The third kappa shape index (κ3) is 3.96. The van der Waals surface area contributed by atoms with Crippen molar-refractivity contribution in [3.8, 4) is 0 Å². The van der Waals surface area contributed by atoms with E-state index < -0.39 is 0 Å². The molecule has 0 aromatic rings. The number of nitrogens with one attached hydrogen (secondary N) is 1. The van der Waals surface area contributed by atoms with Gasteiger partial charge in [-0.2, -0.15) is 0 Å². The van der Waals surface area contributed by atoms with Crippen LogP contribution in [0.2, 0.25) is 0 Å². The molecule has 1 saturated carbocycles. The quantitative estimate of drug-likeness (QED) is 0.796. The second-order valence-corrected chi connectivity index (χ2v) is 7.14. The van der Waals surface area contributed by atoms with Gasteiger partial charge in [0.1, 0.15) is 0 Å². The van der Waals surface area contributed by atoms with E-state index >= 15 is 0 Å². The molecule has 0 bridgehead atoms. The van der Waals surface area contributed by atoms with Crippen molar-refractivity contribution in [3.05, 3.63) is 0 Å². The number of piperazine rings is 1. The molecule has 1 aliphatic carbocycles. The highest BCUT2D eigenvalue weighted by Crippen LogP contribution is 2.26. The lowest BCUT2D eigenvalue weighted by Crippen LogP contribution is -2.56. The molecule has 0 radical (unpaired) electrons. The highest BCUT2D eigenvalue weighted by Gasteiger charge is 2.30. The fourth-order valence-electron chi connectivity index (χ4n) is 3.29. The summed E-state index contributed by atoms with van der Waals surface area (Å²) < 4.78 is 0. The number of rotatable bonds is 2. The lowest BCUT2D eigenvalue weighted by Gasteiger charge is -2.42. The maximum atomic E-state index is 3.68. The van der Waals surface area contributed by atoms with Crippen molar-refractivity contribution >= 4 is 0 Å². The van der Waals surface area contributed by atoms with Crippen LogP contribution < -0.4 is 5.32 Å². The highest BCUT2D eigenvalue weighted by molar-refractivity contribution is 4.88. The lowest BCUT2D eigenvalue weighted by atomic mass is 9.84. The second kappa shape index (κ2) is 5.71. The Morgan fingerprint density at radius 2 is 1.82 bits per heavy atom. The van der Waals surface area contributed by atoms with Gasteiger partial charge in [0.2, 0.25) is 0 Å². The van der Waals surface area contributed by atoms with E-state index in [1.807, 2.05) is 0 Å². The molecule has 1 aliphatic heterocycles. The predicted octanol–water partition coefficient (Wildman–Crippen LogP) is 2.89. The molecular formula is C15H30N2. The molecule has 0 spiro atoms. The Morgan fingerprint density at radius 3 is 2.47 bits per heavy atom. The Kier molecular flexibility index (Phi) is 4.48. The summed E-state index contributed by atoms with van der Waals surface area (Å²) in [5.74, 6) is 0.988. The Bertz CT molecular complexity index is 226. The summed E-state index contributed by atoms with van der Waals surface area (Å²) >= 11 is 0. The van der Waals surface area contributed by atoms with Crippen LogP contribution in [0.5, 0.6) is 0 Å². The zero-order chi connectivity index (χ0) is 12.3. The normalized spacial score (nSPS) is 29.5. The van der Waals surface area contributed by atoms with Crippen molar-refractivity contribution < 1.29 is 0 Å². The molecule has 0 amide bonds. The van der Waals surface area contributed by atoms with Crippen LogP contribution in [0.15, 0.2) is 0 Å². The van der Waals surface area contributed by atoms with Crippen LogP contribution >= 0.6 is 0 Å². The van der Waals surface area contributed by atoms with Gasteiger partial charge in [-0.15, -0.1) is 0 Å². The standard InChI is InChI=1S/C15H30N2/c1-15(2,3)14-12-17(10-9-16-14)11-13-7-5-4-6-8-13/h13-14,16H,4-12H2,1-3H3. The molecule has 0 aromatic carbocycles. The van der Waals surface area contributed by atoms with Gasteiger partial charge in [-0.25, -0.2) is 0 Å². The summed E-state index contributed by atoms with van der Waals surface area (Å²) in [4.78, 5) is 2.71. The summed E-state index contributed by atoms with van der Waals surface area (Å²) in [6.45, 7) is 12.1. The fourth-order valence-corrected chi connectivity index (χ4v) is 3.29. The third-order valence-electron chi connectivity index (χ3n) is 4.55. The SMILES string of the molecule is CC(C)(C)C1CN(CC2CCCCC2)CCN1. The topological polar surface area (TPSA) is 15.3 Å². The first-order chi connectivity index (χ1) is 8.05. The largest absolute Gasteiger partial charge is 0.311 e. The van der Waals surface area contributed by atoms with Crippen LogP contribution in [0, 0.1) is 11.3 Å². The van der Waals surface area contributed by atoms with Gasteiger partial charge >= 0.3 is 0 Å². The summed E-state index contributed by atoms with van der Waals surface area (Å²) in [5, 5.41) is 3.68. The van der Waals surface area contributed by atoms with Gasteiger partial charge < -0.3 is 10.2 Å². The monoisotopic (exact) mass is 238 g/mol. The van der Waals surface area contributed by atoms with Crippen molar-refractivity contribution in [3.63, 3.8) is 0 Å². The average Bonchev–Trinajstić information content (AvgIpc) is 2.29. The van der Waals surface area contributed by atoms with Gasteiger partial charge in [0.25, 0.3) is 0 Å². The molecule has 100 valence electrons. The lowest BCUT2D eigenvalue weighted by molar-refractivity contribution is 0.111. The van der Waals surface area contributed by atoms with E-state index in [9.17, 15) is 0 Å². The van der Waals surface area contributed by atoms with E-state index in [0.717, 1.165) is 5.92 Å². The molecular weight excluding hydrogens is 208 g/mol. The van der Waals surface area contributed by atoms with Crippen LogP contribution in [0.1, 0.15) is 52.9 Å². The van der Waals surface area contributed by atoms with Gasteiger partial charge in [0.15, 0.2) is 0 Å². The van der Waals surface area contributed by atoms with Gasteiger partial charge in [-0.05, 0) is 24.2 Å². The molecule has 1 atom stereocenters. The Labute approximate surface area is 107 Å². The molecule has 2 rings (SSSR count). The molecule has 2 heteroatoms. The van der Waals surface area contributed by atoms with E-state index in [1.54, 1.807) is 0 Å². The number of hydrogen-bond donors (Lipinski definition) is 1. The first-order valence-corrected chi connectivity index (χ1v) is 7.51. The molecule has 1 N–H and O–H groups in total. The maximum absolute atomic E-state index is 3.68. The molecule has 17 heavy (non-hydrogen) atoms. The zero-order valence-corrected chi connectivity index (χ0v) is 12.0. The summed E-state index contributed by atoms with van der Waals surface area (Å²) in [7, 11) is 0. The Balaban J connectivity index is 1.80. The van der Waals surface area contributed by atoms with Crippen molar-refractivity contribution in [1.29, 1.82) is 0 Å². The molecule has 2 aliphatic rings. The van der Waals surface area contributed by atoms with Gasteiger partial charge in [-0.1, -0.05) is 40.0 Å². The first kappa shape index (κ1) is 13.4. The Morgan fingerprint density at radius 1 is 1.12 bits per heavy atom. The van der Waals surface area contributed by atoms with Gasteiger partial charge in [-0.3, -0.25) is 0 Å². The van der Waals surface area contributed by atoms with Crippen LogP contribution in [0.25, 0.3) is 0 Å². The molecule has 0 aromatic heterocycles. The smallest absolute Gasteiger partial charge is 0.0244 e. The minimum absolute atomic E-state index is 0.394. The molecule has 1 unspecified atom stereocenters. The van der Waals surface area contributed by atoms with Crippen LogP contribution in [-0.4, -0.2) is 37.1 Å². The third-order valence-corrected chi connectivity index (χ3v) is 4.55. The molecule has 1 heterocycles. The summed E-state index contributed by atoms with van der Waals surface area (Å²) in [6.07, 6.45) is 7.37. The van der Waals surface area contributed by atoms with Crippen LogP contribution in [0.3, 0.4) is 0 Å².